The lowest BCUT2D eigenvalue weighted by atomic mass is 9.99. The first-order chi connectivity index (χ1) is 12.8. The van der Waals surface area contributed by atoms with Crippen molar-refractivity contribution in [3.63, 3.8) is 0 Å². The van der Waals surface area contributed by atoms with Gasteiger partial charge in [-0.25, -0.2) is 9.18 Å². The topological polar surface area (TPSA) is 41.6 Å². The van der Waals surface area contributed by atoms with Gasteiger partial charge in [0, 0.05) is 12.6 Å². The zero-order valence-electron chi connectivity index (χ0n) is 14.8. The second kappa shape index (κ2) is 6.65. The van der Waals surface area contributed by atoms with Crippen molar-refractivity contribution in [1.82, 2.24) is 10.2 Å². The van der Waals surface area contributed by atoms with Crippen LogP contribution in [0, 0.1) is 5.82 Å². The maximum atomic E-state index is 13.7. The molecule has 148 valence electrons. The third-order valence-electron chi connectivity index (χ3n) is 5.63. The van der Waals surface area contributed by atoms with Crippen LogP contribution in [0.15, 0.2) is 18.2 Å². The number of hydrogen-bond acceptors (Lipinski definition) is 3. The van der Waals surface area contributed by atoms with E-state index in [1.165, 1.54) is 6.07 Å². The van der Waals surface area contributed by atoms with Crippen LogP contribution in [0.5, 0.6) is 0 Å². The van der Waals surface area contributed by atoms with Gasteiger partial charge in [-0.15, -0.1) is 0 Å². The van der Waals surface area contributed by atoms with Gasteiger partial charge in [-0.05, 0) is 62.8 Å². The number of hydrogen-bond donors (Lipinski definition) is 1. The Balaban J connectivity index is 1.64. The lowest BCUT2D eigenvalue weighted by Crippen LogP contribution is -2.47. The molecule has 1 atom stereocenters. The van der Waals surface area contributed by atoms with E-state index >= 15 is 0 Å². The fourth-order valence-corrected chi connectivity index (χ4v) is 3.81. The van der Waals surface area contributed by atoms with Crippen LogP contribution < -0.4 is 5.32 Å². The molecule has 1 saturated heterocycles. The van der Waals surface area contributed by atoms with Gasteiger partial charge in [-0.2, -0.15) is 13.2 Å². The fourth-order valence-electron chi connectivity index (χ4n) is 3.81. The van der Waals surface area contributed by atoms with Crippen molar-refractivity contribution in [3.8, 4) is 0 Å². The standard InChI is InChI=1S/C19H22F4N2O2/c20-16-6-3-12(10-15(16)19(21,22)23)18(7-8-18)25(11-13-2-1-9-24-13)17(26)27-14-4-5-14/h3,6,10,13-14,24H,1-2,4-5,7-9,11H2/t13-/m0/s1. The summed E-state index contributed by atoms with van der Waals surface area (Å²) in [5, 5.41) is 3.32. The molecule has 0 spiro atoms. The number of alkyl halides is 3. The number of carbonyl (C=O) groups excluding carboxylic acids is 1. The van der Waals surface area contributed by atoms with Crippen molar-refractivity contribution in [1.29, 1.82) is 0 Å². The average molecular weight is 386 g/mol. The van der Waals surface area contributed by atoms with Crippen LogP contribution in [-0.2, 0) is 16.5 Å². The summed E-state index contributed by atoms with van der Waals surface area (Å²) in [6.07, 6.45) is -0.717. The average Bonchev–Trinajstić information content (AvgIpc) is 3.52. The number of carbonyl (C=O) groups is 1. The van der Waals surface area contributed by atoms with Crippen LogP contribution in [0.3, 0.4) is 0 Å². The molecule has 4 nitrogen and oxygen atoms in total. The number of nitrogens with zero attached hydrogens (tertiary/aromatic N) is 1. The third-order valence-corrected chi connectivity index (χ3v) is 5.63. The summed E-state index contributed by atoms with van der Waals surface area (Å²) in [4.78, 5) is 14.3. The first-order valence-corrected chi connectivity index (χ1v) is 9.38. The fraction of sp³-hybridized carbons (Fsp3) is 0.632. The van der Waals surface area contributed by atoms with E-state index in [9.17, 15) is 22.4 Å². The van der Waals surface area contributed by atoms with Gasteiger partial charge >= 0.3 is 12.3 Å². The Morgan fingerprint density at radius 1 is 1.26 bits per heavy atom. The number of amides is 1. The van der Waals surface area contributed by atoms with Crippen molar-refractivity contribution < 1.29 is 27.1 Å². The summed E-state index contributed by atoms with van der Waals surface area (Å²) in [6, 6.07) is 3.15. The van der Waals surface area contributed by atoms with Crippen LogP contribution in [0.25, 0.3) is 0 Å². The molecule has 27 heavy (non-hydrogen) atoms. The van der Waals surface area contributed by atoms with Crippen molar-refractivity contribution in [2.45, 2.75) is 62.4 Å². The predicted octanol–water partition coefficient (Wildman–Crippen LogP) is 4.19. The van der Waals surface area contributed by atoms with Gasteiger partial charge in [0.15, 0.2) is 0 Å². The second-order valence-electron chi connectivity index (χ2n) is 7.71. The molecule has 1 amide bonds. The van der Waals surface area contributed by atoms with Crippen molar-refractivity contribution in [2.75, 3.05) is 13.1 Å². The molecule has 1 heterocycles. The van der Waals surface area contributed by atoms with Crippen LogP contribution in [0.1, 0.15) is 49.7 Å². The van der Waals surface area contributed by atoms with Gasteiger partial charge < -0.3 is 10.1 Å². The predicted molar refractivity (Wildman–Crippen MR) is 89.5 cm³/mol. The van der Waals surface area contributed by atoms with Gasteiger partial charge in [0.25, 0.3) is 0 Å². The summed E-state index contributed by atoms with van der Waals surface area (Å²) in [6.45, 7) is 1.24. The van der Waals surface area contributed by atoms with Crippen molar-refractivity contribution in [3.05, 3.63) is 35.1 Å². The Morgan fingerprint density at radius 2 is 2.00 bits per heavy atom. The first kappa shape index (κ1) is 18.5. The monoisotopic (exact) mass is 386 g/mol. The van der Waals surface area contributed by atoms with E-state index in [4.69, 9.17) is 4.74 Å². The molecule has 0 bridgehead atoms. The summed E-state index contributed by atoms with van der Waals surface area (Å²) in [5.41, 5.74) is -1.81. The molecule has 1 aliphatic heterocycles. The Morgan fingerprint density at radius 3 is 2.56 bits per heavy atom. The lowest BCUT2D eigenvalue weighted by Gasteiger charge is -2.34. The number of ether oxygens (including phenoxy) is 1. The van der Waals surface area contributed by atoms with Crippen molar-refractivity contribution in [2.24, 2.45) is 0 Å². The van der Waals surface area contributed by atoms with Crippen LogP contribution in [0.2, 0.25) is 0 Å². The molecule has 3 aliphatic rings. The van der Waals surface area contributed by atoms with Crippen molar-refractivity contribution >= 4 is 6.09 Å². The highest BCUT2D eigenvalue weighted by atomic mass is 19.4. The number of benzene rings is 1. The molecule has 0 unspecified atom stereocenters. The van der Waals surface area contributed by atoms with E-state index in [1.807, 2.05) is 0 Å². The number of rotatable bonds is 5. The molecular formula is C19H22F4N2O2. The summed E-state index contributed by atoms with van der Waals surface area (Å²) in [5.74, 6) is -1.30. The molecular weight excluding hydrogens is 364 g/mol. The van der Waals surface area contributed by atoms with E-state index in [-0.39, 0.29) is 12.1 Å². The minimum atomic E-state index is -4.78. The molecule has 3 fully saturated rings. The highest BCUT2D eigenvalue weighted by molar-refractivity contribution is 5.70. The first-order valence-electron chi connectivity index (χ1n) is 9.38. The zero-order valence-corrected chi connectivity index (χ0v) is 14.8. The largest absolute Gasteiger partial charge is 0.446 e. The maximum Gasteiger partial charge on any atom is 0.419 e. The molecule has 0 aromatic heterocycles. The van der Waals surface area contributed by atoms with Gasteiger partial charge in [-0.1, -0.05) is 6.07 Å². The number of nitrogens with one attached hydrogen (secondary N) is 1. The van der Waals surface area contributed by atoms with Gasteiger partial charge in [0.1, 0.15) is 11.9 Å². The molecule has 1 aromatic carbocycles. The van der Waals surface area contributed by atoms with Crippen LogP contribution >= 0.6 is 0 Å². The van der Waals surface area contributed by atoms with E-state index in [1.54, 1.807) is 4.90 Å². The second-order valence-corrected chi connectivity index (χ2v) is 7.71. The summed E-state index contributed by atoms with van der Waals surface area (Å²) in [7, 11) is 0. The summed E-state index contributed by atoms with van der Waals surface area (Å²) >= 11 is 0. The van der Waals surface area contributed by atoms with Gasteiger partial charge in [0.2, 0.25) is 0 Å². The van der Waals surface area contributed by atoms with E-state index in [0.717, 1.165) is 44.4 Å². The molecule has 1 N–H and O–H groups in total. The lowest BCUT2D eigenvalue weighted by molar-refractivity contribution is -0.140. The normalized spacial score (nSPS) is 23.9. The zero-order chi connectivity index (χ0) is 19.2. The molecule has 2 aliphatic carbocycles. The quantitative estimate of drug-likeness (QED) is 0.772. The van der Waals surface area contributed by atoms with Gasteiger partial charge in [-0.3, -0.25) is 4.90 Å². The smallest absolute Gasteiger partial charge is 0.419 e. The van der Waals surface area contributed by atoms with E-state index < -0.39 is 29.2 Å². The highest BCUT2D eigenvalue weighted by Gasteiger charge is 2.54. The Bertz CT molecular complexity index is 723. The molecule has 0 radical (unpaired) electrons. The Labute approximate surface area is 154 Å². The van der Waals surface area contributed by atoms with Crippen LogP contribution in [-0.4, -0.2) is 36.2 Å². The van der Waals surface area contributed by atoms with E-state index in [2.05, 4.69) is 5.32 Å². The molecule has 1 aromatic rings. The van der Waals surface area contributed by atoms with Crippen LogP contribution in [0.4, 0.5) is 22.4 Å². The Kier molecular flexibility index (Phi) is 4.56. The van der Waals surface area contributed by atoms with Gasteiger partial charge in [0.05, 0.1) is 11.1 Å². The maximum absolute atomic E-state index is 13.7. The third kappa shape index (κ3) is 3.77. The molecule has 8 heteroatoms. The summed E-state index contributed by atoms with van der Waals surface area (Å²) < 4.78 is 58.6. The highest BCUT2D eigenvalue weighted by Crippen LogP contribution is 2.52. The number of halogens is 4. The Hall–Kier alpha value is -1.83. The SMILES string of the molecule is O=C(OC1CC1)N(C[C@@H]1CCCN1)C1(c2ccc(F)c(C(F)(F)F)c2)CC1. The van der Waals surface area contributed by atoms with E-state index in [0.29, 0.717) is 24.9 Å². The molecule has 4 rings (SSSR count). The molecule has 2 saturated carbocycles. The minimum Gasteiger partial charge on any atom is -0.446 e. The minimum absolute atomic E-state index is 0.0914.